The van der Waals surface area contributed by atoms with Gasteiger partial charge in [-0.2, -0.15) is 0 Å². The average Bonchev–Trinajstić information content (AvgIpc) is 3.05. The predicted octanol–water partition coefficient (Wildman–Crippen LogP) is 3.40. The number of rotatable bonds is 5. The molecule has 0 saturated heterocycles. The second-order valence-corrected chi connectivity index (χ2v) is 6.18. The summed E-state index contributed by atoms with van der Waals surface area (Å²) in [5.74, 6) is 1.03. The Morgan fingerprint density at radius 1 is 1.20 bits per heavy atom. The molecule has 1 heterocycles. The van der Waals surface area contributed by atoms with Gasteiger partial charge in [-0.05, 0) is 39.1 Å². The van der Waals surface area contributed by atoms with Crippen molar-refractivity contribution in [1.82, 2.24) is 10.2 Å². The fraction of sp³-hybridized carbons (Fsp3) is 0.529. The van der Waals surface area contributed by atoms with Crippen LogP contribution in [0.1, 0.15) is 31.4 Å². The van der Waals surface area contributed by atoms with Crippen molar-refractivity contribution in [2.24, 2.45) is 0 Å². The van der Waals surface area contributed by atoms with E-state index in [9.17, 15) is 0 Å². The maximum Gasteiger partial charge on any atom is 0.134 e. The summed E-state index contributed by atoms with van der Waals surface area (Å²) < 4.78 is 5.85. The maximum absolute atomic E-state index is 5.85. The summed E-state index contributed by atoms with van der Waals surface area (Å²) in [5, 5.41) is 4.78. The third kappa shape index (κ3) is 2.60. The van der Waals surface area contributed by atoms with Crippen molar-refractivity contribution in [2.75, 3.05) is 20.6 Å². The molecule has 0 spiro atoms. The number of para-hydroxylation sites is 1. The van der Waals surface area contributed by atoms with Gasteiger partial charge in [0.25, 0.3) is 0 Å². The number of furan rings is 1. The van der Waals surface area contributed by atoms with Crippen LogP contribution in [-0.2, 0) is 6.54 Å². The Morgan fingerprint density at radius 2 is 1.95 bits per heavy atom. The summed E-state index contributed by atoms with van der Waals surface area (Å²) in [5.41, 5.74) is 1.32. The van der Waals surface area contributed by atoms with Crippen molar-refractivity contribution in [1.29, 1.82) is 0 Å². The van der Waals surface area contributed by atoms with Gasteiger partial charge in [-0.15, -0.1) is 0 Å². The van der Waals surface area contributed by atoms with Crippen LogP contribution in [-0.4, -0.2) is 31.1 Å². The zero-order valence-corrected chi connectivity index (χ0v) is 12.5. The average molecular weight is 272 g/mol. The van der Waals surface area contributed by atoms with Gasteiger partial charge in [0.1, 0.15) is 11.3 Å². The highest BCUT2D eigenvalue weighted by Crippen LogP contribution is 2.33. The highest BCUT2D eigenvalue weighted by Gasteiger charge is 2.35. The van der Waals surface area contributed by atoms with E-state index < -0.39 is 0 Å². The van der Waals surface area contributed by atoms with Crippen molar-refractivity contribution in [3.8, 4) is 0 Å². The van der Waals surface area contributed by atoms with E-state index in [0.29, 0.717) is 5.54 Å². The maximum atomic E-state index is 5.85. The van der Waals surface area contributed by atoms with E-state index in [4.69, 9.17) is 4.42 Å². The number of fused-ring (bicyclic) bond motifs is 1. The quantitative estimate of drug-likeness (QED) is 0.904. The minimum Gasteiger partial charge on any atom is -0.460 e. The highest BCUT2D eigenvalue weighted by molar-refractivity contribution is 5.77. The molecule has 1 aromatic carbocycles. The van der Waals surface area contributed by atoms with Crippen LogP contribution < -0.4 is 5.32 Å². The molecule has 3 heteroatoms. The second kappa shape index (κ2) is 5.58. The SMILES string of the molecule is CN(C)C1(CNCc2cc3ccccc3o2)CCCC1. The molecule has 0 unspecified atom stereocenters. The van der Waals surface area contributed by atoms with Crippen LogP contribution in [0.2, 0.25) is 0 Å². The molecule has 0 radical (unpaired) electrons. The van der Waals surface area contributed by atoms with Crippen LogP contribution in [0.4, 0.5) is 0 Å². The van der Waals surface area contributed by atoms with Crippen LogP contribution in [0, 0.1) is 0 Å². The van der Waals surface area contributed by atoms with E-state index in [1.54, 1.807) is 0 Å². The Morgan fingerprint density at radius 3 is 2.65 bits per heavy atom. The van der Waals surface area contributed by atoms with Crippen molar-refractivity contribution < 1.29 is 4.42 Å². The molecule has 2 aromatic rings. The molecule has 0 atom stereocenters. The lowest BCUT2D eigenvalue weighted by atomic mass is 9.96. The van der Waals surface area contributed by atoms with E-state index in [1.165, 1.54) is 31.1 Å². The van der Waals surface area contributed by atoms with E-state index >= 15 is 0 Å². The normalized spacial score (nSPS) is 18.1. The second-order valence-electron chi connectivity index (χ2n) is 6.18. The molecular formula is C17H24N2O. The molecule has 0 aliphatic heterocycles. The Labute approximate surface area is 120 Å². The lowest BCUT2D eigenvalue weighted by molar-refractivity contribution is 0.153. The number of nitrogens with zero attached hydrogens (tertiary/aromatic N) is 1. The third-order valence-corrected chi connectivity index (χ3v) is 4.71. The van der Waals surface area contributed by atoms with Crippen molar-refractivity contribution in [3.63, 3.8) is 0 Å². The molecule has 0 amide bonds. The van der Waals surface area contributed by atoms with Gasteiger partial charge in [0, 0.05) is 17.5 Å². The first-order valence-electron chi connectivity index (χ1n) is 7.55. The highest BCUT2D eigenvalue weighted by atomic mass is 16.3. The molecule has 1 aromatic heterocycles. The largest absolute Gasteiger partial charge is 0.460 e. The van der Waals surface area contributed by atoms with Crippen LogP contribution in [0.25, 0.3) is 11.0 Å². The number of benzene rings is 1. The van der Waals surface area contributed by atoms with E-state index in [2.05, 4.69) is 42.5 Å². The van der Waals surface area contributed by atoms with Gasteiger partial charge in [-0.3, -0.25) is 0 Å². The first-order chi connectivity index (χ1) is 9.70. The molecule has 108 valence electrons. The smallest absolute Gasteiger partial charge is 0.134 e. The Kier molecular flexibility index (Phi) is 3.81. The van der Waals surface area contributed by atoms with Gasteiger partial charge < -0.3 is 14.6 Å². The summed E-state index contributed by atoms with van der Waals surface area (Å²) in [6.07, 6.45) is 5.30. The molecule has 3 rings (SSSR count). The summed E-state index contributed by atoms with van der Waals surface area (Å²) in [4.78, 5) is 2.39. The van der Waals surface area contributed by atoms with Crippen molar-refractivity contribution in [2.45, 2.75) is 37.8 Å². The van der Waals surface area contributed by atoms with Crippen LogP contribution in [0.3, 0.4) is 0 Å². The minimum absolute atomic E-state index is 0.339. The first-order valence-corrected chi connectivity index (χ1v) is 7.55. The van der Waals surface area contributed by atoms with E-state index in [-0.39, 0.29) is 0 Å². The molecule has 3 nitrogen and oxygen atoms in total. The fourth-order valence-corrected chi connectivity index (χ4v) is 3.36. The standard InChI is InChI=1S/C17H24N2O/c1-19(2)17(9-5-6-10-17)13-18-12-15-11-14-7-3-4-8-16(14)20-15/h3-4,7-8,11,18H,5-6,9-10,12-13H2,1-2H3. The molecular weight excluding hydrogens is 248 g/mol. The summed E-state index contributed by atoms with van der Waals surface area (Å²) in [6.45, 7) is 1.85. The van der Waals surface area contributed by atoms with Gasteiger partial charge in [0.05, 0.1) is 6.54 Å². The van der Waals surface area contributed by atoms with Gasteiger partial charge in [-0.1, -0.05) is 31.0 Å². The first kappa shape index (κ1) is 13.7. The molecule has 0 bridgehead atoms. The molecule has 1 aliphatic carbocycles. The molecule has 1 aliphatic rings. The topological polar surface area (TPSA) is 28.4 Å². The fourth-order valence-electron chi connectivity index (χ4n) is 3.36. The number of likely N-dealkylation sites (N-methyl/N-ethyl adjacent to an activating group) is 1. The monoisotopic (exact) mass is 272 g/mol. The lowest BCUT2D eigenvalue weighted by Gasteiger charge is -2.36. The van der Waals surface area contributed by atoms with Gasteiger partial charge >= 0.3 is 0 Å². The Hall–Kier alpha value is -1.32. The third-order valence-electron chi connectivity index (χ3n) is 4.71. The van der Waals surface area contributed by atoms with E-state index in [1.807, 2.05) is 12.1 Å². The number of hydrogen-bond acceptors (Lipinski definition) is 3. The van der Waals surface area contributed by atoms with Crippen LogP contribution >= 0.6 is 0 Å². The van der Waals surface area contributed by atoms with Crippen molar-refractivity contribution in [3.05, 3.63) is 36.1 Å². The minimum atomic E-state index is 0.339. The Bertz CT molecular complexity index is 534. The van der Waals surface area contributed by atoms with Gasteiger partial charge in [-0.25, -0.2) is 0 Å². The summed E-state index contributed by atoms with van der Waals surface area (Å²) >= 11 is 0. The zero-order valence-electron chi connectivity index (χ0n) is 12.5. The summed E-state index contributed by atoms with van der Waals surface area (Å²) in [6, 6.07) is 10.3. The number of hydrogen-bond donors (Lipinski definition) is 1. The summed E-state index contributed by atoms with van der Waals surface area (Å²) in [7, 11) is 4.41. The number of nitrogens with one attached hydrogen (secondary N) is 1. The van der Waals surface area contributed by atoms with Gasteiger partial charge in [0.2, 0.25) is 0 Å². The molecule has 1 fully saturated rings. The van der Waals surface area contributed by atoms with Crippen LogP contribution in [0.5, 0.6) is 0 Å². The predicted molar refractivity (Wildman–Crippen MR) is 82.8 cm³/mol. The molecule has 1 saturated carbocycles. The lowest BCUT2D eigenvalue weighted by Crippen LogP contribution is -2.49. The Balaban J connectivity index is 1.61. The van der Waals surface area contributed by atoms with Crippen molar-refractivity contribution >= 4 is 11.0 Å². The molecule has 1 N–H and O–H groups in total. The zero-order chi connectivity index (χ0) is 14.0. The van der Waals surface area contributed by atoms with E-state index in [0.717, 1.165) is 24.4 Å². The van der Waals surface area contributed by atoms with Gasteiger partial charge in [0.15, 0.2) is 0 Å². The molecule has 20 heavy (non-hydrogen) atoms. The van der Waals surface area contributed by atoms with Crippen LogP contribution in [0.15, 0.2) is 34.7 Å².